The van der Waals surface area contributed by atoms with E-state index < -0.39 is 5.41 Å². The van der Waals surface area contributed by atoms with Gasteiger partial charge >= 0.3 is 0 Å². The van der Waals surface area contributed by atoms with E-state index in [4.69, 9.17) is 0 Å². The Labute approximate surface area is 106 Å². The number of carbonyl (C=O) groups excluding carboxylic acids is 2. The maximum Gasteiger partial charge on any atom is 0.221 e. The Morgan fingerprint density at radius 1 is 1.17 bits per heavy atom. The minimum absolute atomic E-state index is 0.0431. The van der Waals surface area contributed by atoms with Gasteiger partial charge in [-0.25, -0.2) is 0 Å². The third-order valence-electron chi connectivity index (χ3n) is 3.13. The summed E-state index contributed by atoms with van der Waals surface area (Å²) in [6, 6.07) is 9.72. The van der Waals surface area contributed by atoms with Crippen molar-refractivity contribution in [2.75, 3.05) is 7.05 Å². The summed E-state index contributed by atoms with van der Waals surface area (Å²) in [5.41, 5.74) is 0.489. The van der Waals surface area contributed by atoms with Gasteiger partial charge in [-0.15, -0.1) is 0 Å². The Morgan fingerprint density at radius 2 is 1.78 bits per heavy atom. The average molecular weight is 241 g/mol. The van der Waals surface area contributed by atoms with Crippen LogP contribution >= 0.6 is 0 Å². The molecular weight excluding hydrogens is 226 g/mol. The summed E-state index contributed by atoms with van der Waals surface area (Å²) < 4.78 is 0. The number of hydrogen-bond donors (Lipinski definition) is 1. The molecular formula is C15H15NO2. The van der Waals surface area contributed by atoms with Crippen molar-refractivity contribution in [2.45, 2.75) is 11.8 Å². The summed E-state index contributed by atoms with van der Waals surface area (Å²) in [5, 5.41) is 2.63. The first-order valence-corrected chi connectivity index (χ1v) is 5.85. The molecule has 0 unspecified atom stereocenters. The zero-order valence-corrected chi connectivity index (χ0v) is 10.2. The van der Waals surface area contributed by atoms with Crippen LogP contribution < -0.4 is 5.32 Å². The molecule has 2 rings (SSSR count). The van der Waals surface area contributed by atoms with Gasteiger partial charge in [-0.05, 0) is 17.7 Å². The van der Waals surface area contributed by atoms with E-state index >= 15 is 0 Å². The van der Waals surface area contributed by atoms with Crippen molar-refractivity contribution in [3.05, 3.63) is 60.2 Å². The molecule has 1 aromatic carbocycles. The molecule has 0 bridgehead atoms. The second kappa shape index (κ2) is 5.00. The van der Waals surface area contributed by atoms with E-state index in [1.165, 1.54) is 12.2 Å². The highest BCUT2D eigenvalue weighted by Crippen LogP contribution is 2.33. The number of nitrogens with one attached hydrogen (secondary N) is 1. The number of benzene rings is 1. The van der Waals surface area contributed by atoms with E-state index in [1.54, 1.807) is 19.2 Å². The molecule has 0 radical (unpaired) electrons. The Kier molecular flexibility index (Phi) is 3.42. The molecule has 1 N–H and O–H groups in total. The van der Waals surface area contributed by atoms with Crippen LogP contribution in [0.1, 0.15) is 12.0 Å². The summed E-state index contributed by atoms with van der Waals surface area (Å²) in [5.74, 6) is -0.0963. The lowest BCUT2D eigenvalue weighted by atomic mass is 9.74. The van der Waals surface area contributed by atoms with E-state index in [0.717, 1.165) is 5.56 Å². The highest BCUT2D eigenvalue weighted by atomic mass is 16.1. The first-order valence-electron chi connectivity index (χ1n) is 5.85. The summed E-state index contributed by atoms with van der Waals surface area (Å²) in [7, 11) is 1.61. The second-order valence-corrected chi connectivity index (χ2v) is 4.33. The lowest BCUT2D eigenvalue weighted by Crippen LogP contribution is -2.32. The number of amides is 1. The molecule has 3 nitrogen and oxygen atoms in total. The van der Waals surface area contributed by atoms with Crippen molar-refractivity contribution in [1.82, 2.24) is 5.32 Å². The van der Waals surface area contributed by atoms with Gasteiger partial charge in [-0.1, -0.05) is 42.5 Å². The zero-order chi connectivity index (χ0) is 13.0. The van der Waals surface area contributed by atoms with Crippen molar-refractivity contribution >= 4 is 11.7 Å². The van der Waals surface area contributed by atoms with Gasteiger partial charge in [0.15, 0.2) is 5.78 Å². The minimum atomic E-state index is -0.519. The van der Waals surface area contributed by atoms with Crippen molar-refractivity contribution < 1.29 is 9.59 Å². The number of rotatable bonds is 3. The number of allylic oxidation sites excluding steroid dienone is 4. The summed E-state index contributed by atoms with van der Waals surface area (Å²) in [4.78, 5) is 22.9. The van der Waals surface area contributed by atoms with Crippen LogP contribution in [0, 0.1) is 0 Å². The monoisotopic (exact) mass is 241 g/mol. The van der Waals surface area contributed by atoms with E-state index in [0.29, 0.717) is 6.42 Å². The maximum atomic E-state index is 11.7. The van der Waals surface area contributed by atoms with Gasteiger partial charge < -0.3 is 5.32 Å². The van der Waals surface area contributed by atoms with E-state index in [2.05, 4.69) is 5.32 Å². The van der Waals surface area contributed by atoms with Crippen molar-refractivity contribution in [2.24, 2.45) is 0 Å². The van der Waals surface area contributed by atoms with Gasteiger partial charge in [0.25, 0.3) is 0 Å². The molecule has 1 aliphatic rings. The highest BCUT2D eigenvalue weighted by molar-refractivity contribution is 6.01. The van der Waals surface area contributed by atoms with Crippen LogP contribution in [0.5, 0.6) is 0 Å². The van der Waals surface area contributed by atoms with Crippen LogP contribution in [0.15, 0.2) is 54.6 Å². The lowest BCUT2D eigenvalue weighted by Gasteiger charge is -2.28. The molecule has 0 heterocycles. The van der Waals surface area contributed by atoms with E-state index in [-0.39, 0.29) is 11.7 Å². The fourth-order valence-corrected chi connectivity index (χ4v) is 2.09. The summed E-state index contributed by atoms with van der Waals surface area (Å²) in [6.07, 6.45) is 6.96. The SMILES string of the molecule is CNC(=O)CC1(c2ccccc2)C=CC(=O)C=C1. The Hall–Kier alpha value is -2.16. The predicted octanol–water partition coefficient (Wildman–Crippen LogP) is 1.76. The van der Waals surface area contributed by atoms with Crippen LogP contribution in [-0.2, 0) is 15.0 Å². The Balaban J connectivity index is 2.41. The maximum absolute atomic E-state index is 11.7. The number of hydrogen-bond acceptors (Lipinski definition) is 2. The van der Waals surface area contributed by atoms with Gasteiger partial charge in [0.1, 0.15) is 0 Å². The standard InChI is InChI=1S/C15H15NO2/c1-16-14(18)11-15(9-7-13(17)8-10-15)12-5-3-2-4-6-12/h2-10H,11H2,1H3,(H,16,18). The fraction of sp³-hybridized carbons (Fsp3) is 0.200. The molecule has 0 fully saturated rings. The third kappa shape index (κ3) is 2.40. The molecule has 1 amide bonds. The van der Waals surface area contributed by atoms with Crippen molar-refractivity contribution in [1.29, 1.82) is 0 Å². The van der Waals surface area contributed by atoms with Crippen LogP contribution in [0.3, 0.4) is 0 Å². The average Bonchev–Trinajstić information content (AvgIpc) is 2.42. The van der Waals surface area contributed by atoms with Crippen molar-refractivity contribution in [3.8, 4) is 0 Å². The Bertz CT molecular complexity index is 499. The summed E-state index contributed by atoms with van der Waals surface area (Å²) in [6.45, 7) is 0. The third-order valence-corrected chi connectivity index (χ3v) is 3.13. The number of ketones is 1. The fourth-order valence-electron chi connectivity index (χ4n) is 2.09. The van der Waals surface area contributed by atoms with Gasteiger partial charge in [0.2, 0.25) is 5.91 Å². The van der Waals surface area contributed by atoms with Crippen LogP contribution in [-0.4, -0.2) is 18.7 Å². The molecule has 0 saturated carbocycles. The van der Waals surface area contributed by atoms with Gasteiger partial charge in [-0.3, -0.25) is 9.59 Å². The smallest absolute Gasteiger partial charge is 0.221 e. The number of carbonyl (C=O) groups is 2. The van der Waals surface area contributed by atoms with Crippen LogP contribution in [0.25, 0.3) is 0 Å². The first-order chi connectivity index (χ1) is 8.66. The molecule has 0 atom stereocenters. The Morgan fingerprint density at radius 3 is 2.33 bits per heavy atom. The summed E-state index contributed by atoms with van der Waals surface area (Å²) >= 11 is 0. The molecule has 1 aliphatic carbocycles. The molecule has 0 saturated heterocycles. The molecule has 0 aromatic heterocycles. The van der Waals surface area contributed by atoms with Gasteiger partial charge in [0, 0.05) is 18.9 Å². The molecule has 18 heavy (non-hydrogen) atoms. The topological polar surface area (TPSA) is 46.2 Å². The predicted molar refractivity (Wildman–Crippen MR) is 70.1 cm³/mol. The van der Waals surface area contributed by atoms with Gasteiger partial charge in [0.05, 0.1) is 0 Å². The highest BCUT2D eigenvalue weighted by Gasteiger charge is 2.31. The van der Waals surface area contributed by atoms with Crippen molar-refractivity contribution in [3.63, 3.8) is 0 Å². The molecule has 0 aliphatic heterocycles. The zero-order valence-electron chi connectivity index (χ0n) is 10.2. The second-order valence-electron chi connectivity index (χ2n) is 4.33. The largest absolute Gasteiger partial charge is 0.359 e. The van der Waals surface area contributed by atoms with E-state index in [9.17, 15) is 9.59 Å². The lowest BCUT2D eigenvalue weighted by molar-refractivity contribution is -0.121. The quantitative estimate of drug-likeness (QED) is 0.876. The van der Waals surface area contributed by atoms with Gasteiger partial charge in [-0.2, -0.15) is 0 Å². The van der Waals surface area contributed by atoms with Crippen LogP contribution in [0.4, 0.5) is 0 Å². The molecule has 0 spiro atoms. The molecule has 92 valence electrons. The van der Waals surface area contributed by atoms with E-state index in [1.807, 2.05) is 30.3 Å². The first kappa shape index (κ1) is 12.3. The molecule has 1 aromatic rings. The normalized spacial score (nSPS) is 16.6. The van der Waals surface area contributed by atoms with Crippen LogP contribution in [0.2, 0.25) is 0 Å². The minimum Gasteiger partial charge on any atom is -0.359 e. The molecule has 3 heteroatoms.